The second kappa shape index (κ2) is 13.1. The van der Waals surface area contributed by atoms with Gasteiger partial charge in [0.25, 0.3) is 10.0 Å². The van der Waals surface area contributed by atoms with Crippen LogP contribution in [0.2, 0.25) is 5.02 Å². The van der Waals surface area contributed by atoms with Crippen LogP contribution in [0, 0.1) is 20.8 Å². The Bertz CT molecular complexity index is 1400. The van der Waals surface area contributed by atoms with Crippen LogP contribution in [0.3, 0.4) is 0 Å². The molecular formula is C30H36ClN3O4S. The van der Waals surface area contributed by atoms with Gasteiger partial charge in [-0.3, -0.25) is 13.9 Å². The Morgan fingerprint density at radius 1 is 0.923 bits per heavy atom. The van der Waals surface area contributed by atoms with Crippen molar-refractivity contribution >= 4 is 39.1 Å². The van der Waals surface area contributed by atoms with Crippen LogP contribution < -0.4 is 9.62 Å². The molecule has 0 saturated heterocycles. The average molecular weight is 570 g/mol. The Balaban J connectivity index is 2.05. The Kier molecular flexibility index (Phi) is 10.2. The summed E-state index contributed by atoms with van der Waals surface area (Å²) in [6.07, 6.45) is 0.746. The van der Waals surface area contributed by atoms with Gasteiger partial charge in [0.2, 0.25) is 11.8 Å². The molecule has 0 heterocycles. The predicted molar refractivity (Wildman–Crippen MR) is 156 cm³/mol. The molecule has 0 aliphatic carbocycles. The molecule has 0 saturated carbocycles. The van der Waals surface area contributed by atoms with Crippen molar-refractivity contribution in [3.63, 3.8) is 0 Å². The maximum atomic E-state index is 13.9. The van der Waals surface area contributed by atoms with Gasteiger partial charge in [0.05, 0.1) is 10.6 Å². The van der Waals surface area contributed by atoms with E-state index in [1.54, 1.807) is 49.4 Å². The number of halogens is 1. The summed E-state index contributed by atoms with van der Waals surface area (Å²) in [5, 5.41) is 3.34. The lowest BCUT2D eigenvalue weighted by molar-refractivity contribution is -0.139. The number of benzene rings is 3. The zero-order valence-corrected chi connectivity index (χ0v) is 24.6. The first kappa shape index (κ1) is 30.2. The number of anilines is 1. The third kappa shape index (κ3) is 7.83. The van der Waals surface area contributed by atoms with Crippen LogP contribution in [-0.4, -0.2) is 44.3 Å². The van der Waals surface area contributed by atoms with Crippen molar-refractivity contribution in [3.8, 4) is 0 Å². The highest BCUT2D eigenvalue weighted by atomic mass is 35.5. The summed E-state index contributed by atoms with van der Waals surface area (Å²) >= 11 is 6.18. The Morgan fingerprint density at radius 2 is 1.56 bits per heavy atom. The first-order valence-electron chi connectivity index (χ1n) is 12.9. The van der Waals surface area contributed by atoms with E-state index in [4.69, 9.17) is 11.6 Å². The number of nitrogens with zero attached hydrogens (tertiary/aromatic N) is 2. The zero-order chi connectivity index (χ0) is 28.7. The maximum Gasteiger partial charge on any atom is 0.264 e. The molecule has 0 aliphatic rings. The molecule has 208 valence electrons. The van der Waals surface area contributed by atoms with Gasteiger partial charge < -0.3 is 10.2 Å². The van der Waals surface area contributed by atoms with Gasteiger partial charge in [-0.05, 0) is 87.2 Å². The van der Waals surface area contributed by atoms with Crippen molar-refractivity contribution in [2.45, 2.75) is 58.5 Å². The molecule has 7 nitrogen and oxygen atoms in total. The first-order chi connectivity index (χ1) is 18.4. The zero-order valence-electron chi connectivity index (χ0n) is 23.1. The molecule has 0 fully saturated rings. The Morgan fingerprint density at radius 3 is 2.15 bits per heavy atom. The third-order valence-electron chi connectivity index (χ3n) is 6.34. The molecule has 1 atom stereocenters. The van der Waals surface area contributed by atoms with Crippen molar-refractivity contribution in [1.29, 1.82) is 0 Å². The number of carbonyl (C=O) groups is 2. The van der Waals surface area contributed by atoms with E-state index in [0.29, 0.717) is 17.3 Å². The summed E-state index contributed by atoms with van der Waals surface area (Å²) < 4.78 is 29.0. The number of hydrogen-bond acceptors (Lipinski definition) is 4. The second-order valence-electron chi connectivity index (χ2n) is 9.79. The number of nitrogens with one attached hydrogen (secondary N) is 1. The second-order valence-corrected chi connectivity index (χ2v) is 12.1. The molecule has 0 aliphatic heterocycles. The van der Waals surface area contributed by atoms with Crippen LogP contribution in [0.5, 0.6) is 0 Å². The van der Waals surface area contributed by atoms with E-state index in [1.165, 1.54) is 17.0 Å². The molecule has 1 N–H and O–H groups in total. The van der Waals surface area contributed by atoms with Crippen LogP contribution in [-0.2, 0) is 26.2 Å². The topological polar surface area (TPSA) is 86.8 Å². The lowest BCUT2D eigenvalue weighted by Gasteiger charge is -2.32. The van der Waals surface area contributed by atoms with E-state index in [9.17, 15) is 18.0 Å². The van der Waals surface area contributed by atoms with Gasteiger partial charge in [-0.1, -0.05) is 54.4 Å². The van der Waals surface area contributed by atoms with Gasteiger partial charge >= 0.3 is 0 Å². The highest BCUT2D eigenvalue weighted by Crippen LogP contribution is 2.27. The van der Waals surface area contributed by atoms with E-state index < -0.39 is 28.5 Å². The fraction of sp³-hybridized carbons (Fsp3) is 0.333. The number of amides is 2. The molecule has 3 aromatic rings. The monoisotopic (exact) mass is 569 g/mol. The number of aryl methyl sites for hydroxylation is 3. The fourth-order valence-corrected chi connectivity index (χ4v) is 5.88. The molecule has 0 spiro atoms. The SMILES string of the molecule is CCCNC(=O)[C@@H](C)N(Cc1cccc(Cl)c1)C(=O)CN(c1cc(C)cc(C)c1)S(=O)(=O)c1ccc(C)cc1. The van der Waals surface area contributed by atoms with Crippen LogP contribution >= 0.6 is 11.6 Å². The lowest BCUT2D eigenvalue weighted by atomic mass is 10.1. The van der Waals surface area contributed by atoms with E-state index >= 15 is 0 Å². The van der Waals surface area contributed by atoms with Crippen LogP contribution in [0.1, 0.15) is 42.5 Å². The average Bonchev–Trinajstić information content (AvgIpc) is 2.88. The number of carbonyl (C=O) groups excluding carboxylic acids is 2. The van der Waals surface area contributed by atoms with Crippen molar-refractivity contribution in [2.75, 3.05) is 17.4 Å². The minimum atomic E-state index is -4.11. The molecular weight excluding hydrogens is 534 g/mol. The van der Waals surface area contributed by atoms with Crippen LogP contribution in [0.25, 0.3) is 0 Å². The molecule has 0 bridgehead atoms. The summed E-state index contributed by atoms with van der Waals surface area (Å²) in [5.74, 6) is -0.824. The largest absolute Gasteiger partial charge is 0.354 e. The molecule has 0 unspecified atom stereocenters. The highest BCUT2D eigenvalue weighted by molar-refractivity contribution is 7.92. The number of rotatable bonds is 11. The molecule has 2 amide bonds. The van der Waals surface area contributed by atoms with Gasteiger partial charge in [0.15, 0.2) is 0 Å². The van der Waals surface area contributed by atoms with Gasteiger partial charge in [-0.2, -0.15) is 0 Å². The predicted octanol–water partition coefficient (Wildman–Crippen LogP) is 5.40. The number of hydrogen-bond donors (Lipinski definition) is 1. The normalized spacial score (nSPS) is 12.1. The fourth-order valence-electron chi connectivity index (χ4n) is 4.27. The lowest BCUT2D eigenvalue weighted by Crippen LogP contribution is -2.51. The molecule has 0 radical (unpaired) electrons. The Hall–Kier alpha value is -3.36. The summed E-state index contributed by atoms with van der Waals surface area (Å²) in [5.41, 5.74) is 3.76. The van der Waals surface area contributed by atoms with E-state index in [1.807, 2.05) is 39.8 Å². The van der Waals surface area contributed by atoms with Crippen LogP contribution in [0.4, 0.5) is 5.69 Å². The highest BCUT2D eigenvalue weighted by Gasteiger charge is 2.32. The first-order valence-corrected chi connectivity index (χ1v) is 14.7. The third-order valence-corrected chi connectivity index (χ3v) is 8.36. The number of sulfonamides is 1. The van der Waals surface area contributed by atoms with Gasteiger partial charge in [0.1, 0.15) is 12.6 Å². The van der Waals surface area contributed by atoms with Crippen molar-refractivity contribution in [1.82, 2.24) is 10.2 Å². The van der Waals surface area contributed by atoms with E-state index in [0.717, 1.165) is 33.0 Å². The molecule has 9 heteroatoms. The van der Waals surface area contributed by atoms with E-state index in [-0.39, 0.29) is 17.3 Å². The standard InChI is InChI=1S/C30H36ClN3O4S/c1-6-14-32-30(36)24(5)33(19-25-8-7-9-26(31)18-25)29(35)20-34(27-16-22(3)15-23(4)17-27)39(37,38)28-12-10-21(2)11-13-28/h7-13,15-18,24H,6,14,19-20H2,1-5H3,(H,32,36)/t24-/m1/s1. The molecule has 39 heavy (non-hydrogen) atoms. The summed E-state index contributed by atoms with van der Waals surface area (Å²) in [4.78, 5) is 28.4. The Labute approximate surface area is 236 Å². The summed E-state index contributed by atoms with van der Waals surface area (Å²) in [6, 6.07) is 18.1. The quantitative estimate of drug-likeness (QED) is 0.335. The molecule has 3 rings (SSSR count). The van der Waals surface area contributed by atoms with Crippen LogP contribution in [0.15, 0.2) is 71.6 Å². The van der Waals surface area contributed by atoms with Crippen molar-refractivity contribution in [2.24, 2.45) is 0 Å². The van der Waals surface area contributed by atoms with Gasteiger partial charge in [-0.15, -0.1) is 0 Å². The van der Waals surface area contributed by atoms with E-state index in [2.05, 4.69) is 5.32 Å². The van der Waals surface area contributed by atoms with Gasteiger partial charge in [0, 0.05) is 18.1 Å². The smallest absolute Gasteiger partial charge is 0.264 e. The van der Waals surface area contributed by atoms with Crippen molar-refractivity contribution < 1.29 is 18.0 Å². The minimum absolute atomic E-state index is 0.0789. The molecule has 0 aromatic heterocycles. The van der Waals surface area contributed by atoms with Crippen molar-refractivity contribution in [3.05, 3.63) is 94.0 Å². The minimum Gasteiger partial charge on any atom is -0.354 e. The van der Waals surface area contributed by atoms with Gasteiger partial charge in [-0.25, -0.2) is 8.42 Å². The maximum absolute atomic E-state index is 13.9. The summed E-state index contributed by atoms with van der Waals surface area (Å²) in [7, 11) is -4.11. The molecule has 3 aromatic carbocycles. The summed E-state index contributed by atoms with van der Waals surface area (Å²) in [6.45, 7) is 9.29.